The van der Waals surface area contributed by atoms with E-state index in [-0.39, 0.29) is 22.2 Å². The molecule has 0 amide bonds. The van der Waals surface area contributed by atoms with Gasteiger partial charge in [0.1, 0.15) is 11.6 Å². The van der Waals surface area contributed by atoms with E-state index >= 15 is 0 Å². The summed E-state index contributed by atoms with van der Waals surface area (Å²) in [7, 11) is 0. The van der Waals surface area contributed by atoms with Crippen LogP contribution in [0.2, 0.25) is 5.02 Å². The molecule has 0 unspecified atom stereocenters. The summed E-state index contributed by atoms with van der Waals surface area (Å²) in [6.07, 6.45) is 0. The fraction of sp³-hybridized carbons (Fsp3) is 0.0714. The van der Waals surface area contributed by atoms with E-state index in [1.807, 2.05) is 0 Å². The molecule has 2 rings (SSSR count). The largest absolute Gasteiger partial charge is 0.475 e. The fourth-order valence-electron chi connectivity index (χ4n) is 1.57. The Bertz CT molecular complexity index is 722. The molecule has 0 atom stereocenters. The SMILES string of the molecule is O=C(COc1ccccc1[N+](=O)[O-])Oc1ccc(F)c(Cl)c1. The van der Waals surface area contributed by atoms with Crippen molar-refractivity contribution in [2.24, 2.45) is 0 Å². The molecular weight excluding hydrogens is 317 g/mol. The Morgan fingerprint density at radius 1 is 1.27 bits per heavy atom. The van der Waals surface area contributed by atoms with Gasteiger partial charge in [0, 0.05) is 12.1 Å². The summed E-state index contributed by atoms with van der Waals surface area (Å²) in [6, 6.07) is 9.04. The van der Waals surface area contributed by atoms with Crippen molar-refractivity contribution >= 4 is 23.3 Å². The molecule has 0 radical (unpaired) electrons. The van der Waals surface area contributed by atoms with Crippen molar-refractivity contribution in [1.29, 1.82) is 0 Å². The highest BCUT2D eigenvalue weighted by Crippen LogP contribution is 2.26. The second kappa shape index (κ2) is 6.86. The first-order valence-electron chi connectivity index (χ1n) is 5.99. The van der Waals surface area contributed by atoms with E-state index in [0.29, 0.717) is 0 Å². The van der Waals surface area contributed by atoms with E-state index in [0.717, 1.165) is 12.1 Å². The van der Waals surface area contributed by atoms with Crippen LogP contribution in [0.5, 0.6) is 11.5 Å². The van der Waals surface area contributed by atoms with Gasteiger partial charge in [-0.2, -0.15) is 0 Å². The molecule has 0 heterocycles. The molecule has 0 bridgehead atoms. The highest BCUT2D eigenvalue weighted by Gasteiger charge is 2.16. The van der Waals surface area contributed by atoms with Gasteiger partial charge in [0.05, 0.1) is 9.95 Å². The lowest BCUT2D eigenvalue weighted by molar-refractivity contribution is -0.385. The lowest BCUT2D eigenvalue weighted by Gasteiger charge is -2.07. The van der Waals surface area contributed by atoms with Gasteiger partial charge in [-0.05, 0) is 18.2 Å². The average Bonchev–Trinajstić information content (AvgIpc) is 2.49. The number of nitro groups is 1. The van der Waals surface area contributed by atoms with Gasteiger partial charge in [-0.3, -0.25) is 10.1 Å². The maximum absolute atomic E-state index is 13.0. The van der Waals surface area contributed by atoms with Crippen molar-refractivity contribution in [1.82, 2.24) is 0 Å². The Balaban J connectivity index is 1.98. The zero-order valence-corrected chi connectivity index (χ0v) is 11.7. The van der Waals surface area contributed by atoms with Crippen LogP contribution < -0.4 is 9.47 Å². The molecule has 2 aromatic rings. The molecule has 0 saturated heterocycles. The third-order valence-corrected chi connectivity index (χ3v) is 2.82. The highest BCUT2D eigenvalue weighted by molar-refractivity contribution is 6.30. The lowest BCUT2D eigenvalue weighted by Crippen LogP contribution is -2.18. The van der Waals surface area contributed by atoms with Crippen molar-refractivity contribution in [3.05, 3.63) is 63.4 Å². The molecule has 22 heavy (non-hydrogen) atoms. The van der Waals surface area contributed by atoms with E-state index in [9.17, 15) is 19.3 Å². The Morgan fingerprint density at radius 2 is 2.00 bits per heavy atom. The van der Waals surface area contributed by atoms with E-state index in [1.165, 1.54) is 30.3 Å². The number of rotatable bonds is 5. The van der Waals surface area contributed by atoms with Gasteiger partial charge in [0.25, 0.3) is 0 Å². The first-order valence-corrected chi connectivity index (χ1v) is 6.37. The number of carbonyl (C=O) groups excluding carboxylic acids is 1. The van der Waals surface area contributed by atoms with Crippen LogP contribution in [0.25, 0.3) is 0 Å². The molecular formula is C14H9ClFNO5. The summed E-state index contributed by atoms with van der Waals surface area (Å²) in [5, 5.41) is 10.6. The summed E-state index contributed by atoms with van der Waals surface area (Å²) in [4.78, 5) is 21.8. The number of hydrogen-bond donors (Lipinski definition) is 0. The van der Waals surface area contributed by atoms with Gasteiger partial charge < -0.3 is 9.47 Å². The topological polar surface area (TPSA) is 78.7 Å². The number of hydrogen-bond acceptors (Lipinski definition) is 5. The van der Waals surface area contributed by atoms with E-state index in [4.69, 9.17) is 21.1 Å². The average molecular weight is 326 g/mol. The summed E-state index contributed by atoms with van der Waals surface area (Å²) in [5.74, 6) is -1.46. The van der Waals surface area contributed by atoms with Gasteiger partial charge in [0.2, 0.25) is 0 Å². The standard InChI is InChI=1S/C14H9ClFNO5/c15-10-7-9(5-6-11(10)16)22-14(18)8-21-13-4-2-1-3-12(13)17(19)20/h1-7H,8H2. The molecule has 0 spiro atoms. The number of esters is 1. The molecule has 6 nitrogen and oxygen atoms in total. The summed E-state index contributed by atoms with van der Waals surface area (Å²) < 4.78 is 22.9. The van der Waals surface area contributed by atoms with Gasteiger partial charge in [-0.25, -0.2) is 9.18 Å². The minimum absolute atomic E-state index is 0.0440. The second-order valence-corrected chi connectivity index (χ2v) is 4.47. The maximum atomic E-state index is 13.0. The van der Waals surface area contributed by atoms with Crippen LogP contribution in [0.15, 0.2) is 42.5 Å². The molecule has 2 aromatic carbocycles. The number of carbonyl (C=O) groups is 1. The van der Waals surface area contributed by atoms with Crippen LogP contribution in [0.3, 0.4) is 0 Å². The number of benzene rings is 2. The van der Waals surface area contributed by atoms with Gasteiger partial charge >= 0.3 is 11.7 Å². The van der Waals surface area contributed by atoms with Gasteiger partial charge in [-0.1, -0.05) is 23.7 Å². The number of para-hydroxylation sites is 2. The van der Waals surface area contributed by atoms with Gasteiger partial charge in [-0.15, -0.1) is 0 Å². The maximum Gasteiger partial charge on any atom is 0.349 e. The summed E-state index contributed by atoms with van der Waals surface area (Å²) in [6.45, 7) is -0.542. The van der Waals surface area contributed by atoms with Crippen molar-refractivity contribution in [3.63, 3.8) is 0 Å². The summed E-state index contributed by atoms with van der Waals surface area (Å²) >= 11 is 5.55. The Morgan fingerprint density at radius 3 is 2.68 bits per heavy atom. The third kappa shape index (κ3) is 3.92. The van der Waals surface area contributed by atoms with Crippen LogP contribution in [-0.4, -0.2) is 17.5 Å². The molecule has 0 saturated carbocycles. The van der Waals surface area contributed by atoms with Crippen LogP contribution in [0.4, 0.5) is 10.1 Å². The first kappa shape index (κ1) is 15.7. The predicted octanol–water partition coefficient (Wildman–Crippen LogP) is 3.37. The van der Waals surface area contributed by atoms with Crippen LogP contribution >= 0.6 is 11.6 Å². The molecule has 0 aliphatic heterocycles. The smallest absolute Gasteiger partial charge is 0.349 e. The number of halogens is 2. The predicted molar refractivity (Wildman–Crippen MR) is 75.6 cm³/mol. The molecule has 0 fully saturated rings. The normalized spacial score (nSPS) is 10.1. The Hall–Kier alpha value is -2.67. The Kier molecular flexibility index (Phi) is 4.90. The zero-order valence-electron chi connectivity index (χ0n) is 11.0. The van der Waals surface area contributed by atoms with E-state index in [2.05, 4.69) is 0 Å². The van der Waals surface area contributed by atoms with Crippen LogP contribution in [-0.2, 0) is 4.79 Å². The van der Waals surface area contributed by atoms with Crippen molar-refractivity contribution < 1.29 is 23.6 Å². The summed E-state index contributed by atoms with van der Waals surface area (Å²) in [5.41, 5.74) is -0.264. The first-order chi connectivity index (χ1) is 10.5. The molecule has 0 aliphatic carbocycles. The minimum atomic E-state index is -0.805. The third-order valence-electron chi connectivity index (χ3n) is 2.53. The lowest BCUT2D eigenvalue weighted by atomic mass is 10.3. The molecule has 8 heteroatoms. The zero-order chi connectivity index (χ0) is 16.1. The second-order valence-electron chi connectivity index (χ2n) is 4.06. The molecule has 114 valence electrons. The van der Waals surface area contributed by atoms with Gasteiger partial charge in [0.15, 0.2) is 12.4 Å². The number of nitro benzene ring substituents is 1. The van der Waals surface area contributed by atoms with E-state index in [1.54, 1.807) is 0 Å². The molecule has 0 N–H and O–H groups in total. The minimum Gasteiger partial charge on any atom is -0.475 e. The monoisotopic (exact) mass is 325 g/mol. The number of ether oxygens (including phenoxy) is 2. The molecule has 0 aliphatic rings. The Labute approximate surface area is 129 Å². The highest BCUT2D eigenvalue weighted by atomic mass is 35.5. The quantitative estimate of drug-likeness (QED) is 0.364. The van der Waals surface area contributed by atoms with Crippen molar-refractivity contribution in [2.75, 3.05) is 6.61 Å². The van der Waals surface area contributed by atoms with Crippen molar-refractivity contribution in [2.45, 2.75) is 0 Å². The molecule has 0 aromatic heterocycles. The number of nitrogens with zero attached hydrogens (tertiary/aromatic N) is 1. The van der Waals surface area contributed by atoms with Crippen LogP contribution in [0.1, 0.15) is 0 Å². The van der Waals surface area contributed by atoms with E-state index < -0.39 is 23.3 Å². The van der Waals surface area contributed by atoms with Crippen LogP contribution in [0, 0.1) is 15.9 Å². The van der Waals surface area contributed by atoms with Crippen molar-refractivity contribution in [3.8, 4) is 11.5 Å². The fourth-order valence-corrected chi connectivity index (χ4v) is 1.74.